The number of halogens is 1. The molecule has 0 radical (unpaired) electrons. The lowest BCUT2D eigenvalue weighted by atomic mass is 10.1. The van der Waals surface area contributed by atoms with Crippen molar-refractivity contribution in [2.75, 3.05) is 0 Å². The molecule has 0 heterocycles. The summed E-state index contributed by atoms with van der Waals surface area (Å²) in [6.45, 7) is 5.32. The Bertz CT molecular complexity index is 814. The highest BCUT2D eigenvalue weighted by atomic mass is 19.1. The lowest BCUT2D eigenvalue weighted by molar-refractivity contribution is -0.139. The second-order valence-electron chi connectivity index (χ2n) is 7.30. The predicted molar refractivity (Wildman–Crippen MR) is 102 cm³/mol. The van der Waals surface area contributed by atoms with Crippen molar-refractivity contribution in [3.8, 4) is 5.75 Å². The van der Waals surface area contributed by atoms with Crippen LogP contribution >= 0.6 is 0 Å². The van der Waals surface area contributed by atoms with Crippen LogP contribution < -0.4 is 10.1 Å². The SMILES string of the molecule is CC(C)(C)OC(=O)NC(Cc1ccc(OCc2cccc(F)c2)cc1)C(=O)O. The van der Waals surface area contributed by atoms with E-state index in [0.717, 1.165) is 0 Å². The largest absolute Gasteiger partial charge is 0.489 e. The summed E-state index contributed by atoms with van der Waals surface area (Å²) in [6.07, 6.45) is -0.686. The first kappa shape index (κ1) is 21.2. The second-order valence-corrected chi connectivity index (χ2v) is 7.30. The monoisotopic (exact) mass is 389 g/mol. The summed E-state index contributed by atoms with van der Waals surface area (Å²) in [5.41, 5.74) is 0.700. The van der Waals surface area contributed by atoms with E-state index in [-0.39, 0.29) is 18.8 Å². The minimum atomic E-state index is -1.16. The maximum absolute atomic E-state index is 13.2. The van der Waals surface area contributed by atoms with Crippen LogP contribution in [0.15, 0.2) is 48.5 Å². The third-order valence-electron chi connectivity index (χ3n) is 3.65. The molecule has 28 heavy (non-hydrogen) atoms. The van der Waals surface area contributed by atoms with E-state index < -0.39 is 23.7 Å². The van der Waals surface area contributed by atoms with Crippen molar-refractivity contribution in [2.45, 2.75) is 45.4 Å². The maximum atomic E-state index is 13.2. The van der Waals surface area contributed by atoms with Gasteiger partial charge in [0.05, 0.1) is 0 Å². The van der Waals surface area contributed by atoms with Crippen molar-refractivity contribution in [3.05, 3.63) is 65.5 Å². The predicted octanol–water partition coefficient (Wildman–Crippen LogP) is 3.93. The molecule has 0 aliphatic carbocycles. The third kappa shape index (κ3) is 7.26. The summed E-state index contributed by atoms with van der Waals surface area (Å²) in [7, 11) is 0. The maximum Gasteiger partial charge on any atom is 0.408 e. The van der Waals surface area contributed by atoms with Crippen molar-refractivity contribution >= 4 is 12.1 Å². The highest BCUT2D eigenvalue weighted by Gasteiger charge is 2.24. The molecular weight excluding hydrogens is 365 g/mol. The first-order chi connectivity index (χ1) is 13.1. The number of carboxylic acids is 1. The van der Waals surface area contributed by atoms with Crippen molar-refractivity contribution < 1.29 is 28.6 Å². The molecule has 2 N–H and O–H groups in total. The first-order valence-electron chi connectivity index (χ1n) is 8.81. The Morgan fingerprint density at radius 2 is 1.79 bits per heavy atom. The van der Waals surface area contributed by atoms with Gasteiger partial charge in [-0.2, -0.15) is 0 Å². The number of carbonyl (C=O) groups is 2. The molecule has 2 aromatic carbocycles. The Balaban J connectivity index is 1.93. The Hall–Kier alpha value is -3.09. The van der Waals surface area contributed by atoms with E-state index in [0.29, 0.717) is 16.9 Å². The van der Waals surface area contributed by atoms with Gasteiger partial charge in [0.25, 0.3) is 0 Å². The van der Waals surface area contributed by atoms with E-state index in [4.69, 9.17) is 9.47 Å². The summed E-state index contributed by atoms with van der Waals surface area (Å²) in [5, 5.41) is 11.7. The molecule has 0 fully saturated rings. The van der Waals surface area contributed by atoms with E-state index in [9.17, 15) is 19.1 Å². The molecule has 1 atom stereocenters. The number of carbonyl (C=O) groups excluding carboxylic acids is 1. The molecule has 0 aromatic heterocycles. The summed E-state index contributed by atoms with van der Waals surface area (Å²) >= 11 is 0. The zero-order chi connectivity index (χ0) is 20.7. The van der Waals surface area contributed by atoms with Gasteiger partial charge in [0.2, 0.25) is 0 Å². The van der Waals surface area contributed by atoms with Crippen molar-refractivity contribution in [3.63, 3.8) is 0 Å². The number of carboxylic acid groups (broad SMARTS) is 1. The third-order valence-corrected chi connectivity index (χ3v) is 3.65. The Kier molecular flexibility index (Phi) is 6.98. The van der Waals surface area contributed by atoms with Gasteiger partial charge in [-0.3, -0.25) is 0 Å². The molecule has 0 saturated heterocycles. The molecule has 0 bridgehead atoms. The lowest BCUT2D eigenvalue weighted by Gasteiger charge is -2.22. The van der Waals surface area contributed by atoms with E-state index >= 15 is 0 Å². The van der Waals surface area contributed by atoms with E-state index in [1.807, 2.05) is 0 Å². The number of ether oxygens (including phenoxy) is 2. The smallest absolute Gasteiger partial charge is 0.408 e. The molecule has 0 aliphatic heterocycles. The normalized spacial score (nSPS) is 12.1. The highest BCUT2D eigenvalue weighted by Crippen LogP contribution is 2.16. The fraction of sp³-hybridized carbons (Fsp3) is 0.333. The van der Waals surface area contributed by atoms with Crippen LogP contribution in [0.25, 0.3) is 0 Å². The molecule has 2 aromatic rings. The molecule has 0 spiro atoms. The van der Waals surface area contributed by atoms with Crippen LogP contribution in [0.4, 0.5) is 9.18 Å². The number of hydrogen-bond acceptors (Lipinski definition) is 4. The first-order valence-corrected chi connectivity index (χ1v) is 8.81. The number of rotatable bonds is 7. The number of amides is 1. The fourth-order valence-corrected chi connectivity index (χ4v) is 2.40. The number of hydrogen-bond donors (Lipinski definition) is 2. The van der Waals surface area contributed by atoms with Gasteiger partial charge in [-0.05, 0) is 56.2 Å². The van der Waals surface area contributed by atoms with Crippen molar-refractivity contribution in [1.29, 1.82) is 0 Å². The van der Waals surface area contributed by atoms with Crippen molar-refractivity contribution in [2.24, 2.45) is 0 Å². The van der Waals surface area contributed by atoms with E-state index in [1.54, 1.807) is 57.2 Å². The van der Waals surface area contributed by atoms with Gasteiger partial charge >= 0.3 is 12.1 Å². The van der Waals surface area contributed by atoms with E-state index in [2.05, 4.69) is 5.32 Å². The minimum absolute atomic E-state index is 0.0960. The quantitative estimate of drug-likeness (QED) is 0.750. The number of alkyl carbamates (subject to hydrolysis) is 1. The zero-order valence-corrected chi connectivity index (χ0v) is 16.1. The summed E-state index contributed by atoms with van der Waals surface area (Å²) < 4.78 is 23.9. The summed E-state index contributed by atoms with van der Waals surface area (Å²) in [6, 6.07) is 11.8. The van der Waals surface area contributed by atoms with Crippen LogP contribution in [-0.4, -0.2) is 28.8 Å². The van der Waals surface area contributed by atoms with Crippen molar-refractivity contribution in [1.82, 2.24) is 5.32 Å². The molecular formula is C21H24FNO5. The standard InChI is InChI=1S/C21H24FNO5/c1-21(2,3)28-20(26)23-18(19(24)25)12-14-7-9-17(10-8-14)27-13-15-5-4-6-16(22)11-15/h4-11,18H,12-13H2,1-3H3,(H,23,26)(H,24,25). The average Bonchev–Trinajstić information content (AvgIpc) is 2.59. The van der Waals surface area contributed by atoms with Gasteiger partial charge in [-0.15, -0.1) is 0 Å². The average molecular weight is 389 g/mol. The number of benzene rings is 2. The fourth-order valence-electron chi connectivity index (χ4n) is 2.40. The van der Waals surface area contributed by atoms with Crippen LogP contribution in [-0.2, 0) is 22.6 Å². The van der Waals surface area contributed by atoms with Gasteiger partial charge in [0.15, 0.2) is 0 Å². The minimum Gasteiger partial charge on any atom is -0.489 e. The van der Waals surface area contributed by atoms with Crippen LogP contribution in [0.5, 0.6) is 5.75 Å². The van der Waals surface area contributed by atoms with Gasteiger partial charge in [0.1, 0.15) is 29.8 Å². The van der Waals surface area contributed by atoms with Gasteiger partial charge in [-0.1, -0.05) is 24.3 Å². The number of nitrogens with one attached hydrogen (secondary N) is 1. The molecule has 2 rings (SSSR count). The van der Waals surface area contributed by atoms with E-state index in [1.165, 1.54) is 12.1 Å². The lowest BCUT2D eigenvalue weighted by Crippen LogP contribution is -2.44. The Morgan fingerprint density at radius 3 is 2.36 bits per heavy atom. The molecule has 0 aliphatic rings. The summed E-state index contributed by atoms with van der Waals surface area (Å²) in [5.74, 6) is -0.911. The zero-order valence-electron chi connectivity index (χ0n) is 16.1. The number of aliphatic carboxylic acids is 1. The summed E-state index contributed by atoms with van der Waals surface area (Å²) in [4.78, 5) is 23.3. The van der Waals surface area contributed by atoms with Crippen LogP contribution in [0.2, 0.25) is 0 Å². The van der Waals surface area contributed by atoms with Crippen LogP contribution in [0, 0.1) is 5.82 Å². The highest BCUT2D eigenvalue weighted by molar-refractivity contribution is 5.80. The Labute approximate surface area is 163 Å². The van der Waals surface area contributed by atoms with Gasteiger partial charge in [0, 0.05) is 6.42 Å². The van der Waals surface area contributed by atoms with Crippen LogP contribution in [0.3, 0.4) is 0 Å². The van der Waals surface area contributed by atoms with Crippen LogP contribution in [0.1, 0.15) is 31.9 Å². The molecule has 7 heteroatoms. The van der Waals surface area contributed by atoms with Gasteiger partial charge in [-0.25, -0.2) is 14.0 Å². The Morgan fingerprint density at radius 1 is 1.11 bits per heavy atom. The topological polar surface area (TPSA) is 84.9 Å². The second kappa shape index (κ2) is 9.21. The molecule has 150 valence electrons. The molecule has 0 saturated carbocycles. The van der Waals surface area contributed by atoms with Gasteiger partial charge < -0.3 is 19.9 Å². The molecule has 6 nitrogen and oxygen atoms in total. The molecule has 1 unspecified atom stereocenters. The molecule has 1 amide bonds.